The molecule has 2 atom stereocenters. The van der Waals surface area contributed by atoms with E-state index in [2.05, 4.69) is 13.8 Å². The maximum atomic E-state index is 11.3. The van der Waals surface area contributed by atoms with Crippen LogP contribution in [0.1, 0.15) is 39.5 Å². The highest BCUT2D eigenvalue weighted by Crippen LogP contribution is 2.28. The van der Waals surface area contributed by atoms with Gasteiger partial charge in [-0.15, -0.1) is 0 Å². The molecule has 5 heteroatoms. The Morgan fingerprint density at radius 3 is 2.64 bits per heavy atom. The normalized spacial score (nSPS) is 27.5. The summed E-state index contributed by atoms with van der Waals surface area (Å²) < 4.78 is 24.1. The Kier molecular flexibility index (Phi) is 4.22. The fourth-order valence-electron chi connectivity index (χ4n) is 2.04. The van der Waals surface area contributed by atoms with Gasteiger partial charge in [0.1, 0.15) is 0 Å². The second-order valence-electron chi connectivity index (χ2n) is 4.00. The van der Waals surface area contributed by atoms with Gasteiger partial charge in [0.25, 0.3) is 9.24 Å². The van der Waals surface area contributed by atoms with E-state index in [1.165, 1.54) is 4.31 Å². The molecule has 1 heterocycles. The lowest BCUT2D eigenvalue weighted by molar-refractivity contribution is 0.193. The number of nitrogens with zero attached hydrogens (tertiary/aromatic N) is 1. The molecule has 0 aromatic carbocycles. The van der Waals surface area contributed by atoms with Gasteiger partial charge >= 0.3 is 0 Å². The molecule has 84 valence electrons. The molecule has 1 saturated heterocycles. The smallest absolute Gasteiger partial charge is 0.195 e. The minimum atomic E-state index is -3.52. The lowest BCUT2D eigenvalue weighted by Gasteiger charge is -2.36. The summed E-state index contributed by atoms with van der Waals surface area (Å²) in [6, 6.07) is 0.108. The first kappa shape index (κ1) is 12.3. The van der Waals surface area contributed by atoms with Crippen LogP contribution in [0.15, 0.2) is 0 Å². The van der Waals surface area contributed by atoms with Crippen LogP contribution in [0.3, 0.4) is 0 Å². The van der Waals surface area contributed by atoms with Crippen molar-refractivity contribution in [2.45, 2.75) is 45.6 Å². The van der Waals surface area contributed by atoms with Crippen LogP contribution in [-0.2, 0) is 9.24 Å². The van der Waals surface area contributed by atoms with Crippen molar-refractivity contribution in [2.24, 2.45) is 5.92 Å². The fraction of sp³-hybridized carbons (Fsp3) is 1.00. The molecular formula is C9H18ClNO2S. The van der Waals surface area contributed by atoms with Crippen LogP contribution in [0.4, 0.5) is 0 Å². The van der Waals surface area contributed by atoms with Crippen molar-refractivity contribution in [2.75, 3.05) is 6.54 Å². The SMILES string of the molecule is CCC(C)C1CCCCN1S(=O)(=O)Cl. The molecule has 1 aliphatic rings. The van der Waals surface area contributed by atoms with Gasteiger partial charge in [-0.1, -0.05) is 26.7 Å². The first-order chi connectivity index (χ1) is 6.46. The topological polar surface area (TPSA) is 37.4 Å². The molecule has 0 bridgehead atoms. The molecule has 0 N–H and O–H groups in total. The van der Waals surface area contributed by atoms with E-state index < -0.39 is 9.24 Å². The highest BCUT2D eigenvalue weighted by molar-refractivity contribution is 8.11. The van der Waals surface area contributed by atoms with E-state index in [4.69, 9.17) is 10.7 Å². The molecule has 0 aliphatic carbocycles. The zero-order valence-corrected chi connectivity index (χ0v) is 10.3. The van der Waals surface area contributed by atoms with E-state index in [9.17, 15) is 8.42 Å². The molecule has 1 fully saturated rings. The van der Waals surface area contributed by atoms with Gasteiger partial charge in [0, 0.05) is 23.3 Å². The second-order valence-corrected chi connectivity index (χ2v) is 6.46. The zero-order chi connectivity index (χ0) is 10.8. The molecule has 0 aromatic rings. The molecule has 1 aliphatic heterocycles. The quantitative estimate of drug-likeness (QED) is 0.710. The van der Waals surface area contributed by atoms with Crippen LogP contribution in [0.5, 0.6) is 0 Å². The van der Waals surface area contributed by atoms with Gasteiger partial charge in [0.2, 0.25) is 0 Å². The Labute approximate surface area is 91.0 Å². The maximum Gasteiger partial charge on any atom is 0.300 e. The molecule has 0 radical (unpaired) electrons. The molecule has 3 nitrogen and oxygen atoms in total. The van der Waals surface area contributed by atoms with E-state index in [1.807, 2.05) is 0 Å². The van der Waals surface area contributed by atoms with Crippen molar-refractivity contribution < 1.29 is 8.42 Å². The lowest BCUT2D eigenvalue weighted by atomic mass is 9.92. The summed E-state index contributed by atoms with van der Waals surface area (Å²) in [6.45, 7) is 4.75. The first-order valence-corrected chi connectivity index (χ1v) is 7.45. The van der Waals surface area contributed by atoms with Crippen molar-refractivity contribution in [3.63, 3.8) is 0 Å². The Balaban J connectivity index is 2.79. The van der Waals surface area contributed by atoms with Crippen LogP contribution in [0.25, 0.3) is 0 Å². The van der Waals surface area contributed by atoms with Gasteiger partial charge in [-0.2, -0.15) is 12.7 Å². The summed E-state index contributed by atoms with van der Waals surface area (Å²) in [6.07, 6.45) is 3.98. The highest BCUT2D eigenvalue weighted by atomic mass is 35.7. The van der Waals surface area contributed by atoms with Crippen molar-refractivity contribution in [1.29, 1.82) is 0 Å². The van der Waals surface area contributed by atoms with Crippen molar-refractivity contribution >= 4 is 19.9 Å². The van der Waals surface area contributed by atoms with Gasteiger partial charge in [0.15, 0.2) is 0 Å². The Morgan fingerprint density at radius 1 is 1.50 bits per heavy atom. The Bertz CT molecular complexity index is 279. The number of piperidine rings is 1. The zero-order valence-electron chi connectivity index (χ0n) is 8.74. The minimum Gasteiger partial charge on any atom is -0.195 e. The van der Waals surface area contributed by atoms with E-state index in [1.54, 1.807) is 0 Å². The van der Waals surface area contributed by atoms with Gasteiger partial charge in [-0.25, -0.2) is 0 Å². The lowest BCUT2D eigenvalue weighted by Crippen LogP contribution is -2.44. The summed E-state index contributed by atoms with van der Waals surface area (Å²) in [5.41, 5.74) is 0. The minimum absolute atomic E-state index is 0.108. The summed E-state index contributed by atoms with van der Waals surface area (Å²) >= 11 is 0. The van der Waals surface area contributed by atoms with E-state index in [0.29, 0.717) is 12.5 Å². The average molecular weight is 240 g/mol. The second kappa shape index (κ2) is 4.81. The largest absolute Gasteiger partial charge is 0.300 e. The molecule has 0 amide bonds. The molecule has 0 saturated carbocycles. The summed E-state index contributed by atoms with van der Waals surface area (Å²) in [4.78, 5) is 0. The fourth-order valence-corrected chi connectivity index (χ4v) is 3.54. The Hall–Kier alpha value is 0.200. The van der Waals surface area contributed by atoms with Crippen molar-refractivity contribution in [3.05, 3.63) is 0 Å². The van der Waals surface area contributed by atoms with Crippen LogP contribution in [-0.4, -0.2) is 25.3 Å². The standard InChI is InChI=1S/C9H18ClNO2S/c1-3-8(2)9-6-4-5-7-11(9)14(10,12)13/h8-9H,3-7H2,1-2H3. The third-order valence-corrected chi connectivity index (χ3v) is 4.62. The monoisotopic (exact) mass is 239 g/mol. The van der Waals surface area contributed by atoms with E-state index in [0.717, 1.165) is 25.7 Å². The van der Waals surface area contributed by atoms with Crippen molar-refractivity contribution in [3.8, 4) is 0 Å². The predicted molar refractivity (Wildman–Crippen MR) is 58.6 cm³/mol. The van der Waals surface area contributed by atoms with E-state index in [-0.39, 0.29) is 6.04 Å². The van der Waals surface area contributed by atoms with Crippen LogP contribution in [0.2, 0.25) is 0 Å². The molecule has 0 aromatic heterocycles. The van der Waals surface area contributed by atoms with E-state index >= 15 is 0 Å². The third-order valence-electron chi connectivity index (χ3n) is 3.08. The first-order valence-electron chi connectivity index (χ1n) is 5.18. The maximum absolute atomic E-state index is 11.3. The van der Waals surface area contributed by atoms with Crippen molar-refractivity contribution in [1.82, 2.24) is 4.31 Å². The van der Waals surface area contributed by atoms with Gasteiger partial charge in [0.05, 0.1) is 0 Å². The number of hydrogen-bond acceptors (Lipinski definition) is 2. The van der Waals surface area contributed by atoms with Crippen LogP contribution >= 0.6 is 10.7 Å². The Morgan fingerprint density at radius 2 is 2.14 bits per heavy atom. The molecule has 0 spiro atoms. The predicted octanol–water partition coefficient (Wildman–Crippen LogP) is 2.37. The van der Waals surface area contributed by atoms with Crippen LogP contribution in [0, 0.1) is 5.92 Å². The number of halogens is 1. The molecule has 14 heavy (non-hydrogen) atoms. The molecular weight excluding hydrogens is 222 g/mol. The number of rotatable bonds is 3. The molecule has 1 rings (SSSR count). The summed E-state index contributed by atoms with van der Waals surface area (Å²) in [5, 5.41) is 0. The van der Waals surface area contributed by atoms with Gasteiger partial charge in [-0.3, -0.25) is 0 Å². The molecule has 2 unspecified atom stereocenters. The number of hydrogen-bond donors (Lipinski definition) is 0. The third kappa shape index (κ3) is 2.84. The van der Waals surface area contributed by atoms with Gasteiger partial charge < -0.3 is 0 Å². The summed E-state index contributed by atoms with van der Waals surface area (Å²) in [5.74, 6) is 0.392. The average Bonchev–Trinajstić information content (AvgIpc) is 2.15. The highest BCUT2D eigenvalue weighted by Gasteiger charge is 2.33. The van der Waals surface area contributed by atoms with Crippen LogP contribution < -0.4 is 0 Å². The summed E-state index contributed by atoms with van der Waals surface area (Å²) in [7, 11) is 1.88. The van der Waals surface area contributed by atoms with Gasteiger partial charge in [-0.05, 0) is 18.8 Å².